The van der Waals surface area contributed by atoms with E-state index in [0.29, 0.717) is 12.8 Å². The van der Waals surface area contributed by atoms with Crippen LogP contribution in [0.25, 0.3) is 0 Å². The molecule has 168 valence electrons. The number of benzene rings is 1. The molecular formula is C21H30F2N2O5. The number of aliphatic hydroxyl groups excluding tert-OH is 2. The molecule has 3 N–H and O–H groups in total. The van der Waals surface area contributed by atoms with Crippen molar-refractivity contribution in [2.45, 2.75) is 70.2 Å². The Morgan fingerprint density at radius 3 is 2.47 bits per heavy atom. The molecular weight excluding hydrogens is 398 g/mol. The number of likely N-dealkylation sites (tertiary alicyclic amines) is 1. The van der Waals surface area contributed by atoms with Gasteiger partial charge in [-0.2, -0.15) is 0 Å². The predicted molar refractivity (Wildman–Crippen MR) is 106 cm³/mol. The molecule has 1 aliphatic heterocycles. The maximum absolute atomic E-state index is 13.7. The highest BCUT2D eigenvalue weighted by molar-refractivity contribution is 5.86. The van der Waals surface area contributed by atoms with Crippen molar-refractivity contribution in [1.82, 2.24) is 10.2 Å². The number of ether oxygens (including phenoxy) is 1. The maximum atomic E-state index is 13.7. The van der Waals surface area contributed by atoms with Crippen LogP contribution < -0.4 is 5.32 Å². The molecule has 1 heterocycles. The second kappa shape index (κ2) is 10.2. The molecule has 0 aromatic heterocycles. The first-order valence-corrected chi connectivity index (χ1v) is 10.0. The normalized spacial score (nSPS) is 20.6. The van der Waals surface area contributed by atoms with Crippen molar-refractivity contribution in [3.8, 4) is 0 Å². The summed E-state index contributed by atoms with van der Waals surface area (Å²) < 4.78 is 32.7. The van der Waals surface area contributed by atoms with Crippen molar-refractivity contribution in [1.29, 1.82) is 0 Å². The number of carbonyl (C=O) groups is 2. The number of hydrogen-bond acceptors (Lipinski definition) is 5. The number of aliphatic hydroxyl groups is 2. The van der Waals surface area contributed by atoms with Crippen LogP contribution in [0.3, 0.4) is 0 Å². The fraction of sp³-hybridized carbons (Fsp3) is 0.619. The molecule has 3 atom stereocenters. The predicted octanol–water partition coefficient (Wildman–Crippen LogP) is 2.66. The Bertz CT molecular complexity index is 733. The lowest BCUT2D eigenvalue weighted by Crippen LogP contribution is -2.56. The van der Waals surface area contributed by atoms with E-state index in [4.69, 9.17) is 9.84 Å². The number of rotatable bonds is 6. The van der Waals surface area contributed by atoms with Crippen molar-refractivity contribution in [2.24, 2.45) is 0 Å². The molecule has 0 saturated carbocycles. The summed E-state index contributed by atoms with van der Waals surface area (Å²) in [5.74, 6) is -2.12. The Morgan fingerprint density at radius 2 is 1.90 bits per heavy atom. The Labute approximate surface area is 175 Å². The van der Waals surface area contributed by atoms with Gasteiger partial charge in [0.15, 0.2) is 0 Å². The molecule has 1 aromatic carbocycles. The smallest absolute Gasteiger partial charge is 0.410 e. The molecule has 2 amide bonds. The highest BCUT2D eigenvalue weighted by Gasteiger charge is 2.38. The molecule has 1 aromatic rings. The Balaban J connectivity index is 2.22. The van der Waals surface area contributed by atoms with Gasteiger partial charge in [-0.3, -0.25) is 9.69 Å². The lowest BCUT2D eigenvalue weighted by Gasteiger charge is -2.38. The topological polar surface area (TPSA) is 99.1 Å². The van der Waals surface area contributed by atoms with Crippen LogP contribution in [0.5, 0.6) is 0 Å². The zero-order valence-corrected chi connectivity index (χ0v) is 17.5. The molecule has 0 radical (unpaired) electrons. The van der Waals surface area contributed by atoms with E-state index in [9.17, 15) is 23.5 Å². The average Bonchev–Trinajstić information content (AvgIpc) is 2.62. The maximum Gasteiger partial charge on any atom is 0.410 e. The van der Waals surface area contributed by atoms with E-state index in [2.05, 4.69) is 5.32 Å². The standard InChI is InChI=1S/C21H30F2N2O5/c1-21(2,3)30-20(29)25-7-6-16(27)12-18(25)19(28)24-17(5-4-8-26)13-9-14(22)11-15(23)10-13/h9-11,16-18,26-27H,4-8,12H2,1-3H3,(H,24,28). The number of hydrogen-bond donors (Lipinski definition) is 3. The van der Waals surface area contributed by atoms with Crippen LogP contribution in [0.4, 0.5) is 13.6 Å². The van der Waals surface area contributed by atoms with Crippen LogP contribution in [0.1, 0.15) is 58.1 Å². The average molecular weight is 428 g/mol. The summed E-state index contributed by atoms with van der Waals surface area (Å²) in [5, 5.41) is 21.9. The minimum atomic E-state index is -0.987. The van der Waals surface area contributed by atoms with Crippen molar-refractivity contribution in [3.05, 3.63) is 35.4 Å². The summed E-state index contributed by atoms with van der Waals surface area (Å²) in [6.45, 7) is 5.12. The number of nitrogens with zero attached hydrogens (tertiary/aromatic N) is 1. The third-order valence-electron chi connectivity index (χ3n) is 4.76. The van der Waals surface area contributed by atoms with Gasteiger partial charge in [0.1, 0.15) is 23.3 Å². The third kappa shape index (κ3) is 6.91. The summed E-state index contributed by atoms with van der Waals surface area (Å²) >= 11 is 0. The van der Waals surface area contributed by atoms with Crippen molar-refractivity contribution in [2.75, 3.05) is 13.2 Å². The zero-order valence-electron chi connectivity index (χ0n) is 17.5. The van der Waals surface area contributed by atoms with Crippen molar-refractivity contribution in [3.63, 3.8) is 0 Å². The van der Waals surface area contributed by atoms with Gasteiger partial charge in [-0.05, 0) is 57.7 Å². The first kappa shape index (κ1) is 24.0. The van der Waals surface area contributed by atoms with Gasteiger partial charge in [0, 0.05) is 25.6 Å². The number of amides is 2. The van der Waals surface area contributed by atoms with E-state index in [1.54, 1.807) is 20.8 Å². The molecule has 1 fully saturated rings. The monoisotopic (exact) mass is 428 g/mol. The van der Waals surface area contributed by atoms with Crippen LogP contribution in [-0.2, 0) is 9.53 Å². The molecule has 0 spiro atoms. The fourth-order valence-electron chi connectivity index (χ4n) is 3.40. The highest BCUT2D eigenvalue weighted by atomic mass is 19.1. The van der Waals surface area contributed by atoms with Crippen LogP contribution in [-0.4, -0.2) is 58.0 Å². The first-order valence-electron chi connectivity index (χ1n) is 10.0. The van der Waals surface area contributed by atoms with Gasteiger partial charge in [-0.1, -0.05) is 0 Å². The van der Waals surface area contributed by atoms with E-state index in [-0.39, 0.29) is 31.6 Å². The molecule has 30 heavy (non-hydrogen) atoms. The van der Waals surface area contributed by atoms with E-state index >= 15 is 0 Å². The second-order valence-corrected chi connectivity index (χ2v) is 8.50. The quantitative estimate of drug-likeness (QED) is 0.647. The van der Waals surface area contributed by atoms with Gasteiger partial charge < -0.3 is 20.3 Å². The lowest BCUT2D eigenvalue weighted by molar-refractivity contribution is -0.130. The molecule has 0 aliphatic carbocycles. The summed E-state index contributed by atoms with van der Waals surface area (Å²) in [5.41, 5.74) is -0.536. The van der Waals surface area contributed by atoms with Gasteiger partial charge >= 0.3 is 6.09 Å². The third-order valence-corrected chi connectivity index (χ3v) is 4.76. The highest BCUT2D eigenvalue weighted by Crippen LogP contribution is 2.25. The Kier molecular flexibility index (Phi) is 8.14. The van der Waals surface area contributed by atoms with E-state index in [0.717, 1.165) is 18.2 Å². The van der Waals surface area contributed by atoms with Crippen LogP contribution >= 0.6 is 0 Å². The summed E-state index contributed by atoms with van der Waals surface area (Å²) in [7, 11) is 0. The molecule has 0 bridgehead atoms. The number of halogens is 2. The van der Waals surface area contributed by atoms with Crippen LogP contribution in [0, 0.1) is 11.6 Å². The fourth-order valence-corrected chi connectivity index (χ4v) is 3.40. The SMILES string of the molecule is CC(C)(C)OC(=O)N1CCC(O)CC1C(=O)NC(CCCO)c1cc(F)cc(F)c1. The van der Waals surface area contributed by atoms with Gasteiger partial charge in [-0.15, -0.1) is 0 Å². The van der Waals surface area contributed by atoms with E-state index in [1.807, 2.05) is 0 Å². The summed E-state index contributed by atoms with van der Waals surface area (Å²) in [6.07, 6.45) is -0.555. The Morgan fingerprint density at radius 1 is 1.27 bits per heavy atom. The number of carbonyl (C=O) groups excluding carboxylic acids is 2. The summed E-state index contributed by atoms with van der Waals surface area (Å²) in [4.78, 5) is 26.8. The number of piperidine rings is 1. The van der Waals surface area contributed by atoms with Gasteiger partial charge in [0.2, 0.25) is 5.91 Å². The van der Waals surface area contributed by atoms with Crippen LogP contribution in [0.15, 0.2) is 18.2 Å². The lowest BCUT2D eigenvalue weighted by atomic mass is 9.97. The zero-order chi connectivity index (χ0) is 22.5. The Hall–Kier alpha value is -2.26. The van der Waals surface area contributed by atoms with Gasteiger partial charge in [0.25, 0.3) is 0 Å². The first-order chi connectivity index (χ1) is 14.0. The second-order valence-electron chi connectivity index (χ2n) is 8.50. The summed E-state index contributed by atoms with van der Waals surface area (Å²) in [6, 6.07) is 1.21. The van der Waals surface area contributed by atoms with Gasteiger partial charge in [-0.25, -0.2) is 13.6 Å². The largest absolute Gasteiger partial charge is 0.444 e. The minimum absolute atomic E-state index is 0.0231. The molecule has 1 saturated heterocycles. The molecule has 3 unspecified atom stereocenters. The minimum Gasteiger partial charge on any atom is -0.444 e. The molecule has 2 rings (SSSR count). The van der Waals surface area contributed by atoms with Gasteiger partial charge in [0.05, 0.1) is 12.1 Å². The van der Waals surface area contributed by atoms with Crippen molar-refractivity contribution < 1.29 is 33.3 Å². The van der Waals surface area contributed by atoms with Crippen molar-refractivity contribution >= 4 is 12.0 Å². The molecule has 9 heteroatoms. The van der Waals surface area contributed by atoms with E-state index in [1.165, 1.54) is 4.90 Å². The molecule has 1 aliphatic rings. The number of nitrogens with one attached hydrogen (secondary N) is 1. The van der Waals surface area contributed by atoms with Crippen LogP contribution in [0.2, 0.25) is 0 Å². The molecule has 7 nitrogen and oxygen atoms in total. The van der Waals surface area contributed by atoms with E-state index < -0.39 is 47.4 Å².